The molecule has 7 heteroatoms. The highest BCUT2D eigenvalue weighted by Gasteiger charge is 2.10. The molecule has 0 bridgehead atoms. The van der Waals surface area contributed by atoms with E-state index in [4.69, 9.17) is 0 Å². The van der Waals surface area contributed by atoms with Crippen LogP contribution in [0.4, 0.5) is 17.1 Å². The zero-order valence-corrected chi connectivity index (χ0v) is 10.2. The van der Waals surface area contributed by atoms with Crippen LogP contribution in [0, 0.1) is 10.1 Å². The summed E-state index contributed by atoms with van der Waals surface area (Å²) >= 11 is 0. The second-order valence-electron chi connectivity index (χ2n) is 3.49. The number of nitrogens with one attached hydrogen (secondary N) is 2. The first-order valence-corrected chi connectivity index (χ1v) is 5.41. The number of non-ortho nitro benzene ring substituents is 1. The monoisotopic (exact) mass is 253 g/mol. The molecule has 0 heterocycles. The van der Waals surface area contributed by atoms with Crippen LogP contribution in [0.25, 0.3) is 0 Å². The average Bonchev–Trinajstić information content (AvgIpc) is 2.36. The third-order valence-corrected chi connectivity index (χ3v) is 2.17. The first-order chi connectivity index (χ1) is 8.56. The van der Waals surface area contributed by atoms with Gasteiger partial charge in [0.25, 0.3) is 5.69 Å². The molecule has 0 amide bonds. The molecule has 0 unspecified atom stereocenters. The van der Waals surface area contributed by atoms with Crippen LogP contribution in [-0.4, -0.2) is 31.1 Å². The van der Waals surface area contributed by atoms with Gasteiger partial charge in [-0.3, -0.25) is 14.9 Å². The molecule has 0 saturated carbocycles. The second-order valence-corrected chi connectivity index (χ2v) is 3.49. The molecule has 1 aromatic carbocycles. The Labute approximate surface area is 104 Å². The van der Waals surface area contributed by atoms with Gasteiger partial charge in [0, 0.05) is 30.1 Å². The molecule has 0 atom stereocenters. The van der Waals surface area contributed by atoms with Crippen molar-refractivity contribution < 1.29 is 14.5 Å². The van der Waals surface area contributed by atoms with Gasteiger partial charge in [-0.25, -0.2) is 0 Å². The van der Waals surface area contributed by atoms with E-state index in [0.717, 1.165) is 0 Å². The number of nitro groups is 1. The van der Waals surface area contributed by atoms with Gasteiger partial charge >= 0.3 is 5.97 Å². The van der Waals surface area contributed by atoms with E-state index >= 15 is 0 Å². The zero-order chi connectivity index (χ0) is 13.5. The van der Waals surface area contributed by atoms with E-state index in [0.29, 0.717) is 17.9 Å². The molecule has 1 rings (SSSR count). The molecule has 0 aromatic heterocycles. The van der Waals surface area contributed by atoms with Crippen LogP contribution in [0.3, 0.4) is 0 Å². The van der Waals surface area contributed by atoms with Crippen LogP contribution in [0.1, 0.15) is 6.92 Å². The number of hydrogen-bond donors (Lipinski definition) is 2. The number of nitrogens with zero attached hydrogens (tertiary/aromatic N) is 1. The lowest BCUT2D eigenvalue weighted by atomic mass is 10.2. The fourth-order valence-electron chi connectivity index (χ4n) is 1.37. The molecular weight excluding hydrogens is 238 g/mol. The molecule has 0 aliphatic heterocycles. The Hall–Kier alpha value is -2.31. The molecule has 0 aliphatic rings. The lowest BCUT2D eigenvalue weighted by Crippen LogP contribution is -2.15. The number of anilines is 2. The number of carbonyl (C=O) groups is 1. The third-order valence-electron chi connectivity index (χ3n) is 2.17. The summed E-state index contributed by atoms with van der Waals surface area (Å²) in [5.41, 5.74) is 1.07. The maximum atomic E-state index is 11.0. The van der Waals surface area contributed by atoms with Gasteiger partial charge in [-0.15, -0.1) is 0 Å². The van der Waals surface area contributed by atoms with Crippen molar-refractivity contribution in [3.63, 3.8) is 0 Å². The number of esters is 1. The Kier molecular flexibility index (Phi) is 4.91. The fraction of sp³-hybridized carbons (Fsp3) is 0.364. The van der Waals surface area contributed by atoms with E-state index in [1.807, 2.05) is 6.92 Å². The van der Waals surface area contributed by atoms with Crippen molar-refractivity contribution in [2.75, 3.05) is 30.8 Å². The molecule has 18 heavy (non-hydrogen) atoms. The molecule has 0 fully saturated rings. The SMILES string of the molecule is CCNc1cc(NCC(=O)OC)cc([N+](=O)[O-])c1. The lowest BCUT2D eigenvalue weighted by molar-refractivity contribution is -0.384. The van der Waals surface area contributed by atoms with Gasteiger partial charge in [0.2, 0.25) is 0 Å². The Morgan fingerprint density at radius 3 is 2.44 bits per heavy atom. The average molecular weight is 253 g/mol. The summed E-state index contributed by atoms with van der Waals surface area (Å²) < 4.78 is 4.48. The molecule has 0 radical (unpaired) electrons. The highest BCUT2D eigenvalue weighted by Crippen LogP contribution is 2.24. The number of hydrogen-bond acceptors (Lipinski definition) is 6. The van der Waals surface area contributed by atoms with Gasteiger partial charge in [-0.05, 0) is 13.0 Å². The van der Waals surface area contributed by atoms with Crippen molar-refractivity contribution in [1.29, 1.82) is 0 Å². The minimum atomic E-state index is -0.482. The van der Waals surface area contributed by atoms with Crippen molar-refractivity contribution in [3.8, 4) is 0 Å². The minimum absolute atomic E-state index is 0.0385. The summed E-state index contributed by atoms with van der Waals surface area (Å²) in [6.45, 7) is 2.50. The van der Waals surface area contributed by atoms with Gasteiger partial charge in [0.15, 0.2) is 0 Å². The smallest absolute Gasteiger partial charge is 0.325 e. The van der Waals surface area contributed by atoms with Crippen LogP contribution in [0.5, 0.6) is 0 Å². The van der Waals surface area contributed by atoms with Gasteiger partial charge in [0.05, 0.1) is 12.0 Å². The van der Waals surface area contributed by atoms with Crippen molar-refractivity contribution in [3.05, 3.63) is 28.3 Å². The summed E-state index contributed by atoms with van der Waals surface area (Å²) in [5, 5.41) is 16.5. The molecule has 7 nitrogen and oxygen atoms in total. The maximum absolute atomic E-state index is 11.0. The van der Waals surface area contributed by atoms with Crippen LogP contribution in [0.15, 0.2) is 18.2 Å². The van der Waals surface area contributed by atoms with Crippen LogP contribution < -0.4 is 10.6 Å². The highest BCUT2D eigenvalue weighted by atomic mass is 16.6. The standard InChI is InChI=1S/C11H15N3O4/c1-3-12-8-4-9(13-7-11(15)18-2)6-10(5-8)14(16)17/h4-6,12-13H,3,7H2,1-2H3. The summed E-state index contributed by atoms with van der Waals surface area (Å²) in [5.74, 6) is -0.438. The second kappa shape index (κ2) is 6.43. The van der Waals surface area contributed by atoms with Crippen molar-refractivity contribution in [2.45, 2.75) is 6.92 Å². The molecule has 98 valence electrons. The Morgan fingerprint density at radius 2 is 1.94 bits per heavy atom. The van der Waals surface area contributed by atoms with Crippen molar-refractivity contribution >= 4 is 23.0 Å². The van der Waals surface area contributed by atoms with Crippen LogP contribution >= 0.6 is 0 Å². The van der Waals surface area contributed by atoms with Gasteiger partial charge in [0.1, 0.15) is 6.54 Å². The first kappa shape index (κ1) is 13.8. The predicted octanol–water partition coefficient (Wildman–Crippen LogP) is 1.61. The minimum Gasteiger partial charge on any atom is -0.468 e. The van der Waals surface area contributed by atoms with E-state index in [1.54, 1.807) is 6.07 Å². The number of carbonyl (C=O) groups excluding carboxylic acids is 1. The van der Waals surface area contributed by atoms with Gasteiger partial charge < -0.3 is 15.4 Å². The fourth-order valence-corrected chi connectivity index (χ4v) is 1.37. The lowest BCUT2D eigenvalue weighted by Gasteiger charge is -2.08. The molecule has 2 N–H and O–H groups in total. The summed E-state index contributed by atoms with van der Waals surface area (Å²) in [4.78, 5) is 21.3. The molecule has 0 spiro atoms. The van der Waals surface area contributed by atoms with E-state index in [2.05, 4.69) is 15.4 Å². The highest BCUT2D eigenvalue weighted by molar-refractivity contribution is 5.76. The van der Waals surface area contributed by atoms with Crippen LogP contribution in [-0.2, 0) is 9.53 Å². The quantitative estimate of drug-likeness (QED) is 0.454. The summed E-state index contributed by atoms with van der Waals surface area (Å²) in [7, 11) is 1.28. The molecule has 0 aliphatic carbocycles. The summed E-state index contributed by atoms with van der Waals surface area (Å²) in [6.07, 6.45) is 0. The normalized spacial score (nSPS) is 9.67. The Morgan fingerprint density at radius 1 is 1.33 bits per heavy atom. The number of methoxy groups -OCH3 is 1. The maximum Gasteiger partial charge on any atom is 0.325 e. The Bertz CT molecular complexity index is 448. The third kappa shape index (κ3) is 3.93. The van der Waals surface area contributed by atoms with Gasteiger partial charge in [-0.1, -0.05) is 0 Å². The van der Waals surface area contributed by atoms with E-state index in [-0.39, 0.29) is 12.2 Å². The molecular formula is C11H15N3O4. The molecule has 1 aromatic rings. The van der Waals surface area contributed by atoms with Crippen molar-refractivity contribution in [2.24, 2.45) is 0 Å². The van der Waals surface area contributed by atoms with E-state index in [9.17, 15) is 14.9 Å². The topological polar surface area (TPSA) is 93.5 Å². The Balaban J connectivity index is 2.88. The predicted molar refractivity (Wildman–Crippen MR) is 67.8 cm³/mol. The number of benzene rings is 1. The van der Waals surface area contributed by atoms with Crippen molar-refractivity contribution in [1.82, 2.24) is 0 Å². The summed E-state index contributed by atoms with van der Waals surface area (Å²) in [6, 6.07) is 4.50. The number of rotatable bonds is 6. The van der Waals surface area contributed by atoms with Crippen LogP contribution in [0.2, 0.25) is 0 Å². The van der Waals surface area contributed by atoms with Gasteiger partial charge in [-0.2, -0.15) is 0 Å². The van der Waals surface area contributed by atoms with E-state index in [1.165, 1.54) is 19.2 Å². The van der Waals surface area contributed by atoms with E-state index < -0.39 is 10.9 Å². The number of ether oxygens (including phenoxy) is 1. The molecule has 0 saturated heterocycles. The number of nitro benzene ring substituents is 1. The largest absolute Gasteiger partial charge is 0.468 e. The first-order valence-electron chi connectivity index (χ1n) is 5.41. The zero-order valence-electron chi connectivity index (χ0n) is 10.2.